The van der Waals surface area contributed by atoms with Crippen LogP contribution < -0.4 is 10.5 Å². The second-order valence-corrected chi connectivity index (χ2v) is 3.82. The van der Waals surface area contributed by atoms with Crippen LogP contribution in [0.4, 0.5) is 8.78 Å². The number of alkyl halides is 2. The standard InChI is InChI=1S/C12H18F2N2O/c1-16(8-12(13)14)10(7-15)9-5-3-4-6-11(9)17-2/h3-6,10,12H,7-8,15H2,1-2H3. The number of ether oxygens (including phenoxy) is 1. The van der Waals surface area contributed by atoms with Gasteiger partial charge in [0.1, 0.15) is 5.75 Å². The van der Waals surface area contributed by atoms with Gasteiger partial charge in [-0.15, -0.1) is 0 Å². The van der Waals surface area contributed by atoms with Gasteiger partial charge in [-0.05, 0) is 13.1 Å². The zero-order valence-electron chi connectivity index (χ0n) is 10.1. The molecule has 1 aromatic carbocycles. The number of hydrogen-bond acceptors (Lipinski definition) is 3. The van der Waals surface area contributed by atoms with Crippen molar-refractivity contribution >= 4 is 0 Å². The van der Waals surface area contributed by atoms with E-state index in [0.29, 0.717) is 5.75 Å². The molecule has 1 atom stereocenters. The van der Waals surface area contributed by atoms with E-state index in [4.69, 9.17) is 10.5 Å². The number of methoxy groups -OCH3 is 1. The van der Waals surface area contributed by atoms with E-state index in [0.717, 1.165) is 5.56 Å². The molecule has 0 aliphatic carbocycles. The Labute approximate surface area is 100 Å². The number of rotatable bonds is 6. The van der Waals surface area contributed by atoms with Crippen molar-refractivity contribution in [2.75, 3.05) is 27.2 Å². The average molecular weight is 244 g/mol. The number of hydrogen-bond donors (Lipinski definition) is 1. The maximum atomic E-state index is 12.4. The fourth-order valence-corrected chi connectivity index (χ4v) is 1.83. The quantitative estimate of drug-likeness (QED) is 0.830. The molecule has 0 radical (unpaired) electrons. The highest BCUT2D eigenvalue weighted by atomic mass is 19.3. The summed E-state index contributed by atoms with van der Waals surface area (Å²) in [5, 5.41) is 0. The SMILES string of the molecule is COc1ccccc1C(CN)N(C)CC(F)F. The van der Waals surface area contributed by atoms with Crippen molar-refractivity contribution in [2.45, 2.75) is 12.5 Å². The molecule has 3 nitrogen and oxygen atoms in total. The molecule has 0 spiro atoms. The Morgan fingerprint density at radius 3 is 2.53 bits per heavy atom. The Morgan fingerprint density at radius 1 is 1.35 bits per heavy atom. The normalized spacial score (nSPS) is 13.1. The zero-order valence-corrected chi connectivity index (χ0v) is 10.1. The molecule has 0 aliphatic rings. The van der Waals surface area contributed by atoms with Crippen LogP contribution in [0.25, 0.3) is 0 Å². The summed E-state index contributed by atoms with van der Waals surface area (Å²) < 4.78 is 29.9. The fraction of sp³-hybridized carbons (Fsp3) is 0.500. The summed E-state index contributed by atoms with van der Waals surface area (Å²) in [7, 11) is 3.19. The highest BCUT2D eigenvalue weighted by Gasteiger charge is 2.21. The number of nitrogens with zero attached hydrogens (tertiary/aromatic N) is 1. The van der Waals surface area contributed by atoms with Crippen LogP contribution in [0, 0.1) is 0 Å². The second-order valence-electron chi connectivity index (χ2n) is 3.82. The minimum Gasteiger partial charge on any atom is -0.496 e. The van der Waals surface area contributed by atoms with E-state index in [9.17, 15) is 8.78 Å². The summed E-state index contributed by atoms with van der Waals surface area (Å²) in [4.78, 5) is 1.54. The summed E-state index contributed by atoms with van der Waals surface area (Å²) in [6, 6.07) is 7.06. The van der Waals surface area contributed by atoms with Crippen LogP contribution in [0.5, 0.6) is 5.75 Å². The van der Waals surface area contributed by atoms with E-state index in [2.05, 4.69) is 0 Å². The fourth-order valence-electron chi connectivity index (χ4n) is 1.83. The number of halogens is 2. The van der Waals surface area contributed by atoms with Gasteiger partial charge >= 0.3 is 0 Å². The molecule has 0 aliphatic heterocycles. The molecular weight excluding hydrogens is 226 g/mol. The molecule has 0 bridgehead atoms. The van der Waals surface area contributed by atoms with E-state index in [-0.39, 0.29) is 19.1 Å². The molecule has 0 fully saturated rings. The number of benzene rings is 1. The molecule has 1 rings (SSSR count). The van der Waals surface area contributed by atoms with Crippen molar-refractivity contribution in [2.24, 2.45) is 5.73 Å². The molecule has 17 heavy (non-hydrogen) atoms. The van der Waals surface area contributed by atoms with Gasteiger partial charge in [0.15, 0.2) is 0 Å². The maximum absolute atomic E-state index is 12.4. The van der Waals surface area contributed by atoms with Crippen LogP contribution in [0.1, 0.15) is 11.6 Å². The third kappa shape index (κ3) is 3.64. The summed E-state index contributed by atoms with van der Waals surface area (Å²) in [6.07, 6.45) is -2.37. The Balaban J connectivity index is 2.92. The topological polar surface area (TPSA) is 38.5 Å². The van der Waals surface area contributed by atoms with Crippen molar-refractivity contribution in [1.82, 2.24) is 4.90 Å². The molecule has 0 saturated heterocycles. The first-order chi connectivity index (χ1) is 8.10. The van der Waals surface area contributed by atoms with Crippen LogP contribution in [-0.4, -0.2) is 38.6 Å². The van der Waals surface area contributed by atoms with Crippen molar-refractivity contribution in [3.05, 3.63) is 29.8 Å². The lowest BCUT2D eigenvalue weighted by Crippen LogP contribution is -2.34. The zero-order chi connectivity index (χ0) is 12.8. The lowest BCUT2D eigenvalue weighted by atomic mass is 10.0. The molecule has 0 amide bonds. The van der Waals surface area contributed by atoms with Gasteiger partial charge in [0.05, 0.1) is 19.7 Å². The third-order valence-corrected chi connectivity index (χ3v) is 2.68. The smallest absolute Gasteiger partial charge is 0.251 e. The molecule has 2 N–H and O–H groups in total. The summed E-state index contributed by atoms with van der Waals surface area (Å²) in [6.45, 7) is -0.0382. The van der Waals surface area contributed by atoms with Gasteiger partial charge in [0.25, 0.3) is 6.43 Å². The molecule has 96 valence electrons. The Morgan fingerprint density at radius 2 is 2.00 bits per heavy atom. The first-order valence-corrected chi connectivity index (χ1v) is 5.41. The Bertz CT molecular complexity index is 347. The maximum Gasteiger partial charge on any atom is 0.251 e. The highest BCUT2D eigenvalue weighted by molar-refractivity contribution is 5.36. The molecule has 0 heterocycles. The summed E-state index contributed by atoms with van der Waals surface area (Å²) in [5.41, 5.74) is 6.50. The van der Waals surface area contributed by atoms with Crippen LogP contribution in [0.15, 0.2) is 24.3 Å². The molecule has 0 saturated carbocycles. The van der Waals surface area contributed by atoms with E-state index < -0.39 is 6.43 Å². The van der Waals surface area contributed by atoms with Crippen molar-refractivity contribution in [3.63, 3.8) is 0 Å². The predicted octanol–water partition coefficient (Wildman–Crippen LogP) is 1.89. The van der Waals surface area contributed by atoms with Crippen molar-refractivity contribution in [3.8, 4) is 5.75 Å². The summed E-state index contributed by atoms with van der Waals surface area (Å²) >= 11 is 0. The second kappa shape index (κ2) is 6.51. The molecular formula is C12H18F2N2O. The van der Waals surface area contributed by atoms with Crippen LogP contribution in [-0.2, 0) is 0 Å². The largest absolute Gasteiger partial charge is 0.496 e. The first-order valence-electron chi connectivity index (χ1n) is 5.41. The number of para-hydroxylation sites is 1. The van der Waals surface area contributed by atoms with Gasteiger partial charge in [-0.3, -0.25) is 4.90 Å². The average Bonchev–Trinajstić information content (AvgIpc) is 2.29. The van der Waals surface area contributed by atoms with Gasteiger partial charge < -0.3 is 10.5 Å². The molecule has 1 aromatic rings. The van der Waals surface area contributed by atoms with E-state index in [1.807, 2.05) is 18.2 Å². The highest BCUT2D eigenvalue weighted by Crippen LogP contribution is 2.27. The lowest BCUT2D eigenvalue weighted by molar-refractivity contribution is 0.0816. The lowest BCUT2D eigenvalue weighted by Gasteiger charge is -2.28. The molecule has 1 unspecified atom stereocenters. The number of nitrogens with two attached hydrogens (primary N) is 1. The Hall–Kier alpha value is -1.20. The van der Waals surface area contributed by atoms with E-state index >= 15 is 0 Å². The van der Waals surface area contributed by atoms with Crippen molar-refractivity contribution in [1.29, 1.82) is 0 Å². The molecule has 0 aromatic heterocycles. The van der Waals surface area contributed by atoms with Gasteiger partial charge in [0.2, 0.25) is 0 Å². The monoisotopic (exact) mass is 244 g/mol. The molecule has 5 heteroatoms. The van der Waals surface area contributed by atoms with Crippen LogP contribution >= 0.6 is 0 Å². The van der Waals surface area contributed by atoms with Crippen LogP contribution in [0.3, 0.4) is 0 Å². The van der Waals surface area contributed by atoms with Gasteiger partial charge in [-0.25, -0.2) is 8.78 Å². The number of likely N-dealkylation sites (N-methyl/N-ethyl adjacent to an activating group) is 1. The van der Waals surface area contributed by atoms with Crippen LogP contribution in [0.2, 0.25) is 0 Å². The van der Waals surface area contributed by atoms with E-state index in [1.165, 1.54) is 0 Å². The van der Waals surface area contributed by atoms with E-state index in [1.54, 1.807) is 25.1 Å². The minimum atomic E-state index is -2.37. The minimum absolute atomic E-state index is 0.264. The predicted molar refractivity (Wildman–Crippen MR) is 63.4 cm³/mol. The van der Waals surface area contributed by atoms with Crippen molar-refractivity contribution < 1.29 is 13.5 Å². The Kier molecular flexibility index (Phi) is 5.31. The van der Waals surface area contributed by atoms with Gasteiger partial charge in [0, 0.05) is 12.1 Å². The van der Waals surface area contributed by atoms with Gasteiger partial charge in [-0.2, -0.15) is 0 Å². The first kappa shape index (κ1) is 13.9. The van der Waals surface area contributed by atoms with Gasteiger partial charge in [-0.1, -0.05) is 18.2 Å². The summed E-state index contributed by atoms with van der Waals surface area (Å²) in [5.74, 6) is 0.670. The third-order valence-electron chi connectivity index (χ3n) is 2.68.